The third-order valence-electron chi connectivity index (χ3n) is 14.3. The van der Waals surface area contributed by atoms with Crippen LogP contribution >= 0.6 is 0 Å². The number of hydrogen-bond acceptors (Lipinski definition) is 14. The molecule has 0 spiro atoms. The number of benzene rings is 2. The van der Waals surface area contributed by atoms with Crippen molar-refractivity contribution in [3.8, 4) is 0 Å². The van der Waals surface area contributed by atoms with Crippen molar-refractivity contribution in [2.75, 3.05) is 20.8 Å². The minimum atomic E-state index is -2.17. The molecule has 4 saturated carbocycles. The molecule has 2 aromatic carbocycles. The van der Waals surface area contributed by atoms with Crippen LogP contribution in [-0.2, 0) is 52.3 Å². The molecule has 2 bridgehead atoms. The lowest BCUT2D eigenvalue weighted by atomic mass is 9.44. The predicted molar refractivity (Wildman–Crippen MR) is 218 cm³/mol. The van der Waals surface area contributed by atoms with Crippen LogP contribution in [0.2, 0.25) is 0 Å². The van der Waals surface area contributed by atoms with Crippen LogP contribution < -0.4 is 5.32 Å². The lowest BCUT2D eigenvalue weighted by molar-refractivity contribution is -0.347. The van der Waals surface area contributed by atoms with Crippen LogP contribution in [0.15, 0.2) is 71.8 Å². The topological polar surface area (TPSA) is 191 Å². The van der Waals surface area contributed by atoms with Gasteiger partial charge in [-0.15, -0.1) is 0 Å². The first-order valence-corrected chi connectivity index (χ1v) is 21.5. The molecular weight excluding hydrogens is 803 g/mol. The molecule has 6 aliphatic rings. The number of ether oxygens (including phenoxy) is 8. The van der Waals surface area contributed by atoms with Gasteiger partial charge in [-0.1, -0.05) is 62.4 Å². The van der Waals surface area contributed by atoms with Crippen LogP contribution in [0.25, 0.3) is 0 Å². The number of ketones is 1. The molecule has 5 aliphatic carbocycles. The summed E-state index contributed by atoms with van der Waals surface area (Å²) in [5.41, 5.74) is -5.28. The Labute approximate surface area is 361 Å². The lowest BCUT2D eigenvalue weighted by Crippen LogP contribution is -2.82. The second kappa shape index (κ2) is 16.5. The van der Waals surface area contributed by atoms with Gasteiger partial charge in [0.25, 0.3) is 0 Å². The van der Waals surface area contributed by atoms with Crippen molar-refractivity contribution in [1.29, 1.82) is 0 Å². The summed E-state index contributed by atoms with van der Waals surface area (Å²) in [5.74, 6) is -4.05. The molecule has 1 amide bonds. The molecule has 1 unspecified atom stereocenters. The summed E-state index contributed by atoms with van der Waals surface area (Å²) in [6.07, 6.45) is -5.72. The van der Waals surface area contributed by atoms with E-state index in [2.05, 4.69) is 5.32 Å². The fraction of sp³-hybridized carbons (Fsp3) is 0.596. The Bertz CT molecular complexity index is 2100. The first kappa shape index (κ1) is 44.0. The van der Waals surface area contributed by atoms with Gasteiger partial charge >= 0.3 is 24.0 Å². The van der Waals surface area contributed by atoms with Crippen LogP contribution in [-0.4, -0.2) is 116 Å². The van der Waals surface area contributed by atoms with Crippen LogP contribution in [0, 0.1) is 16.7 Å². The number of methoxy groups -OCH3 is 2. The summed E-state index contributed by atoms with van der Waals surface area (Å²) in [6, 6.07) is 16.1. The van der Waals surface area contributed by atoms with E-state index in [1.54, 1.807) is 82.3 Å². The molecule has 11 atom stereocenters. The number of carbonyl (C=O) groups excluding carboxylic acids is 5. The van der Waals surface area contributed by atoms with Crippen molar-refractivity contribution in [2.45, 2.75) is 139 Å². The van der Waals surface area contributed by atoms with Gasteiger partial charge < -0.3 is 48.3 Å². The van der Waals surface area contributed by atoms with Crippen molar-refractivity contribution in [3.63, 3.8) is 0 Å². The average molecular weight is 860 g/mol. The number of alkyl carbamates (subject to hydrolysis) is 1. The Morgan fingerprint density at radius 2 is 1.52 bits per heavy atom. The number of esters is 3. The zero-order valence-electron chi connectivity index (χ0n) is 36.3. The van der Waals surface area contributed by atoms with Crippen molar-refractivity contribution >= 4 is 29.8 Å². The quantitative estimate of drug-likeness (QED) is 0.153. The zero-order valence-corrected chi connectivity index (χ0v) is 36.3. The molecule has 0 radical (unpaired) electrons. The highest BCUT2D eigenvalue weighted by molar-refractivity contribution is 5.94. The highest BCUT2D eigenvalue weighted by atomic mass is 16.6. The predicted octanol–water partition coefficient (Wildman–Crippen LogP) is 5.12. The molecule has 1 aliphatic heterocycles. The average Bonchev–Trinajstić information content (AvgIpc) is 4.19. The SMILES string of the molecule is CO[C@H]1C(=O)[C@@]2(C)C([C@H](OC(=O)c3ccccc3)[C@]3(O)C[C@H](OC(=O)[C@H](OC4CC4)[C@@H](NC(=O)OC4CC4)c4ccccc4)C(C)=C1C3(C)C)[C@]1(OC(C)=O)CO[C@@H]1C[C@@H]2OC. The third-order valence-corrected chi connectivity index (χ3v) is 14.3. The van der Waals surface area contributed by atoms with Crippen molar-refractivity contribution in [2.24, 2.45) is 16.7 Å². The Morgan fingerprint density at radius 3 is 2.08 bits per heavy atom. The molecule has 5 fully saturated rings. The van der Waals surface area contributed by atoms with Crippen molar-refractivity contribution in [3.05, 3.63) is 82.9 Å². The smallest absolute Gasteiger partial charge is 0.407 e. The Morgan fingerprint density at radius 1 is 0.871 bits per heavy atom. The fourth-order valence-corrected chi connectivity index (χ4v) is 10.7. The van der Waals surface area contributed by atoms with Gasteiger partial charge in [-0.05, 0) is 68.4 Å². The summed E-state index contributed by atoms with van der Waals surface area (Å²) in [4.78, 5) is 71.3. The van der Waals surface area contributed by atoms with Crippen LogP contribution in [0.1, 0.15) is 95.1 Å². The molecule has 334 valence electrons. The zero-order chi connectivity index (χ0) is 44.4. The van der Waals surface area contributed by atoms with E-state index in [1.165, 1.54) is 21.1 Å². The first-order chi connectivity index (χ1) is 29.5. The maximum Gasteiger partial charge on any atom is 0.407 e. The lowest BCUT2D eigenvalue weighted by Gasteiger charge is -2.67. The largest absolute Gasteiger partial charge is 0.456 e. The van der Waals surface area contributed by atoms with E-state index < -0.39 is 100 Å². The van der Waals surface area contributed by atoms with Gasteiger partial charge in [-0.25, -0.2) is 14.4 Å². The number of rotatable bonds is 13. The molecule has 15 heteroatoms. The van der Waals surface area contributed by atoms with E-state index in [-0.39, 0.29) is 37.2 Å². The molecule has 1 heterocycles. The number of fused-ring (bicyclic) bond motifs is 5. The molecule has 0 aromatic heterocycles. The summed E-state index contributed by atoms with van der Waals surface area (Å²) in [6.45, 7) is 7.96. The minimum Gasteiger partial charge on any atom is -0.456 e. The van der Waals surface area contributed by atoms with E-state index in [0.717, 1.165) is 12.8 Å². The van der Waals surface area contributed by atoms with E-state index in [1.807, 2.05) is 6.07 Å². The molecule has 1 saturated heterocycles. The van der Waals surface area contributed by atoms with Crippen molar-refractivity contribution < 1.29 is 67.0 Å². The van der Waals surface area contributed by atoms with Gasteiger partial charge in [-0.3, -0.25) is 9.59 Å². The van der Waals surface area contributed by atoms with E-state index in [0.29, 0.717) is 29.6 Å². The van der Waals surface area contributed by atoms with E-state index in [9.17, 15) is 24.3 Å². The number of amides is 1. The van der Waals surface area contributed by atoms with Gasteiger partial charge in [0.1, 0.15) is 36.1 Å². The Kier molecular flexibility index (Phi) is 11.7. The van der Waals surface area contributed by atoms with E-state index >= 15 is 4.79 Å². The highest BCUT2D eigenvalue weighted by Gasteiger charge is 2.78. The van der Waals surface area contributed by atoms with Crippen LogP contribution in [0.3, 0.4) is 0 Å². The van der Waals surface area contributed by atoms with Crippen molar-refractivity contribution in [1.82, 2.24) is 5.32 Å². The molecule has 2 aromatic rings. The van der Waals surface area contributed by atoms with E-state index in [4.69, 9.17) is 37.9 Å². The molecule has 8 rings (SSSR count). The maximum absolute atomic E-state index is 15.7. The third kappa shape index (κ3) is 7.42. The number of carbonyl (C=O) groups is 5. The minimum absolute atomic E-state index is 0.144. The normalized spacial score (nSPS) is 34.4. The second-order valence-corrected chi connectivity index (χ2v) is 18.4. The van der Waals surface area contributed by atoms with Gasteiger partial charge in [0.15, 0.2) is 17.5 Å². The fourth-order valence-electron chi connectivity index (χ4n) is 10.7. The summed E-state index contributed by atoms with van der Waals surface area (Å²) >= 11 is 0. The molecule has 62 heavy (non-hydrogen) atoms. The van der Waals surface area contributed by atoms with Gasteiger partial charge in [0.2, 0.25) is 0 Å². The molecular formula is C47H57NO14. The first-order valence-electron chi connectivity index (χ1n) is 21.5. The monoisotopic (exact) mass is 859 g/mol. The summed E-state index contributed by atoms with van der Waals surface area (Å²) in [7, 11) is 2.85. The molecule has 2 N–H and O–H groups in total. The summed E-state index contributed by atoms with van der Waals surface area (Å²) in [5, 5.41) is 16.7. The standard InChI is InChI=1S/C47H57NO14/c1-25-31(60-42(52)37(58-29-18-19-29)35(27-14-10-8-11-15-27)48-43(53)59-30-20-21-30)23-47(54)40(61-41(51)28-16-12-9-13-17-28)38-45(5,39(50)36(56-7)34(25)44(47,3)4)32(55-6)22-33-46(38,24-57-33)62-26(2)49/h8-17,29-33,35-38,40,54H,18-24H2,1-7H3,(H,48,53)/t31-,32-,33+,35-,36+,37+,38?,40-,45+,46-,47+/m0/s1. The molecule has 15 nitrogen and oxygen atoms in total. The van der Waals surface area contributed by atoms with Gasteiger partial charge in [0.05, 0.1) is 41.8 Å². The Balaban J connectivity index is 1.27. The number of nitrogens with one attached hydrogen (secondary N) is 1. The Hall–Kier alpha value is -4.67. The summed E-state index contributed by atoms with van der Waals surface area (Å²) < 4.78 is 49.5. The maximum atomic E-state index is 15.7. The number of Topliss-reactive ketones (excluding diaryl/α,β-unsaturated/α-hetero) is 1. The van der Waals surface area contributed by atoms with Crippen LogP contribution in [0.4, 0.5) is 4.79 Å². The van der Waals surface area contributed by atoms with Crippen LogP contribution in [0.5, 0.6) is 0 Å². The number of hydrogen-bond donors (Lipinski definition) is 2. The number of aliphatic hydroxyl groups is 1. The van der Waals surface area contributed by atoms with Gasteiger partial charge in [-0.2, -0.15) is 0 Å². The highest BCUT2D eigenvalue weighted by Crippen LogP contribution is 2.65. The second-order valence-electron chi connectivity index (χ2n) is 18.4. The van der Waals surface area contributed by atoms with Gasteiger partial charge in [0, 0.05) is 39.4 Å².